The van der Waals surface area contributed by atoms with Gasteiger partial charge in [0, 0.05) is 23.7 Å². The molecule has 0 fully saturated rings. The first-order valence-corrected chi connectivity index (χ1v) is 9.24. The first kappa shape index (κ1) is 16.5. The van der Waals surface area contributed by atoms with Gasteiger partial charge in [-0.3, -0.25) is 14.7 Å². The fourth-order valence-corrected chi connectivity index (χ4v) is 3.70. The zero-order chi connectivity index (χ0) is 19.1. The Morgan fingerprint density at radius 1 is 1.00 bits per heavy atom. The summed E-state index contributed by atoms with van der Waals surface area (Å²) in [6.07, 6.45) is 0.502. The standard InChI is InChI=1S/C22H18N4O2/c27-21(16-9-5-2-6-10-16)25-12-11-17-19(14-25)23-20-13-18(24-26(20)22(17)28)15-7-3-1-4-8-15/h1-10,13,24H,11-12,14H2. The van der Waals surface area contributed by atoms with Crippen LogP contribution < -0.4 is 5.56 Å². The van der Waals surface area contributed by atoms with Gasteiger partial charge in [0.2, 0.25) is 0 Å². The molecule has 28 heavy (non-hydrogen) atoms. The molecular weight excluding hydrogens is 352 g/mol. The van der Waals surface area contributed by atoms with E-state index >= 15 is 0 Å². The molecule has 0 bridgehead atoms. The van der Waals surface area contributed by atoms with Gasteiger partial charge in [0.1, 0.15) is 0 Å². The van der Waals surface area contributed by atoms with Gasteiger partial charge in [-0.15, -0.1) is 0 Å². The van der Waals surface area contributed by atoms with E-state index in [1.165, 1.54) is 4.52 Å². The highest BCUT2D eigenvalue weighted by Gasteiger charge is 2.26. The summed E-state index contributed by atoms with van der Waals surface area (Å²) in [6, 6.07) is 20.9. The van der Waals surface area contributed by atoms with E-state index in [2.05, 4.69) is 10.1 Å². The van der Waals surface area contributed by atoms with Crippen LogP contribution in [-0.4, -0.2) is 31.9 Å². The van der Waals surface area contributed by atoms with Crippen LogP contribution in [0.4, 0.5) is 0 Å². The third-order valence-corrected chi connectivity index (χ3v) is 5.16. The average molecular weight is 370 g/mol. The third-order valence-electron chi connectivity index (χ3n) is 5.16. The quantitative estimate of drug-likeness (QED) is 0.590. The minimum atomic E-state index is -0.0889. The second kappa shape index (κ2) is 6.49. The number of carbonyl (C=O) groups is 1. The number of hydrogen-bond acceptors (Lipinski definition) is 3. The van der Waals surface area contributed by atoms with Gasteiger partial charge in [-0.2, -0.15) is 0 Å². The number of aromatic nitrogens is 3. The molecule has 1 aliphatic heterocycles. The molecule has 0 atom stereocenters. The van der Waals surface area contributed by atoms with E-state index in [9.17, 15) is 9.59 Å². The highest BCUT2D eigenvalue weighted by molar-refractivity contribution is 5.94. The smallest absolute Gasteiger partial charge is 0.276 e. The van der Waals surface area contributed by atoms with Gasteiger partial charge in [-0.25, -0.2) is 9.50 Å². The lowest BCUT2D eigenvalue weighted by atomic mass is 10.1. The van der Waals surface area contributed by atoms with Gasteiger partial charge < -0.3 is 4.90 Å². The van der Waals surface area contributed by atoms with Crippen molar-refractivity contribution >= 4 is 11.6 Å². The number of nitrogens with zero attached hydrogens (tertiary/aromatic N) is 3. The van der Waals surface area contributed by atoms with Crippen LogP contribution in [0.2, 0.25) is 0 Å². The van der Waals surface area contributed by atoms with E-state index in [1.54, 1.807) is 4.90 Å². The van der Waals surface area contributed by atoms with Gasteiger partial charge in [-0.05, 0) is 24.1 Å². The van der Waals surface area contributed by atoms with Crippen molar-refractivity contribution in [1.29, 1.82) is 0 Å². The number of nitrogens with one attached hydrogen (secondary N) is 1. The normalized spacial score (nSPS) is 13.5. The third kappa shape index (κ3) is 2.70. The molecule has 0 spiro atoms. The number of fused-ring (bicyclic) bond motifs is 2. The highest BCUT2D eigenvalue weighted by Crippen LogP contribution is 2.21. The largest absolute Gasteiger partial charge is 0.332 e. The fraction of sp³-hybridized carbons (Fsp3) is 0.136. The average Bonchev–Trinajstić information content (AvgIpc) is 3.19. The molecule has 1 aliphatic rings. The van der Waals surface area contributed by atoms with Crippen LogP contribution in [0.5, 0.6) is 0 Å². The summed E-state index contributed by atoms with van der Waals surface area (Å²) in [6.45, 7) is 0.858. The molecular formula is C22H18N4O2. The molecule has 3 heterocycles. The topological polar surface area (TPSA) is 70.5 Å². The number of hydrogen-bond donors (Lipinski definition) is 1. The van der Waals surface area contributed by atoms with Crippen LogP contribution in [0.25, 0.3) is 16.9 Å². The zero-order valence-corrected chi connectivity index (χ0v) is 15.1. The first-order valence-electron chi connectivity index (χ1n) is 9.24. The van der Waals surface area contributed by atoms with Crippen LogP contribution in [-0.2, 0) is 13.0 Å². The number of aromatic amines is 1. The van der Waals surface area contributed by atoms with Gasteiger partial charge in [0.05, 0.1) is 17.9 Å². The van der Waals surface area contributed by atoms with E-state index in [4.69, 9.17) is 0 Å². The molecule has 6 nitrogen and oxygen atoms in total. The number of rotatable bonds is 2. The minimum Gasteiger partial charge on any atom is -0.332 e. The van der Waals surface area contributed by atoms with Crippen molar-refractivity contribution in [3.63, 3.8) is 0 Å². The van der Waals surface area contributed by atoms with Crippen molar-refractivity contribution < 1.29 is 4.79 Å². The Kier molecular flexibility index (Phi) is 3.83. The lowest BCUT2D eigenvalue weighted by Crippen LogP contribution is -2.39. The summed E-state index contributed by atoms with van der Waals surface area (Å²) < 4.78 is 1.50. The van der Waals surface area contributed by atoms with Crippen molar-refractivity contribution in [3.05, 3.63) is 93.9 Å². The molecule has 0 saturated carbocycles. The molecule has 1 N–H and O–H groups in total. The molecule has 5 rings (SSSR count). The van der Waals surface area contributed by atoms with Crippen LogP contribution in [0, 0.1) is 0 Å². The van der Waals surface area contributed by atoms with Crippen LogP contribution in [0.3, 0.4) is 0 Å². The van der Waals surface area contributed by atoms with Gasteiger partial charge in [0.25, 0.3) is 11.5 Å². The predicted octanol–water partition coefficient (Wildman–Crippen LogP) is 2.89. The number of benzene rings is 2. The molecule has 1 amide bonds. The summed E-state index contributed by atoms with van der Waals surface area (Å²) in [5.41, 5.74) is 4.31. The zero-order valence-electron chi connectivity index (χ0n) is 15.1. The molecule has 4 aromatic rings. The number of H-pyrrole nitrogens is 1. The number of carbonyl (C=O) groups excluding carboxylic acids is 1. The van der Waals surface area contributed by atoms with Crippen LogP contribution >= 0.6 is 0 Å². The maximum Gasteiger partial charge on any atom is 0.276 e. The van der Waals surface area contributed by atoms with Crippen molar-refractivity contribution in [2.45, 2.75) is 13.0 Å². The Morgan fingerprint density at radius 3 is 2.46 bits per heavy atom. The maximum absolute atomic E-state index is 13.0. The van der Waals surface area contributed by atoms with Gasteiger partial charge >= 0.3 is 0 Å². The SMILES string of the molecule is O=C(c1ccccc1)N1CCc2c(nc3cc(-c4ccccc4)[nH]n3c2=O)C1. The van der Waals surface area contributed by atoms with E-state index < -0.39 is 0 Å². The first-order chi connectivity index (χ1) is 13.7. The summed E-state index contributed by atoms with van der Waals surface area (Å²) in [7, 11) is 0. The second-order valence-corrected chi connectivity index (χ2v) is 6.91. The number of amides is 1. The summed E-state index contributed by atoms with van der Waals surface area (Å²) in [4.78, 5) is 32.2. The Hall–Kier alpha value is -3.67. The molecule has 0 aliphatic carbocycles. The molecule has 0 radical (unpaired) electrons. The van der Waals surface area contributed by atoms with E-state index in [0.717, 1.165) is 11.3 Å². The lowest BCUT2D eigenvalue weighted by Gasteiger charge is -2.27. The van der Waals surface area contributed by atoms with Crippen LogP contribution in [0.15, 0.2) is 71.5 Å². The minimum absolute atomic E-state index is 0.0349. The summed E-state index contributed by atoms with van der Waals surface area (Å²) in [5.74, 6) is -0.0349. The molecule has 6 heteroatoms. The maximum atomic E-state index is 13.0. The second-order valence-electron chi connectivity index (χ2n) is 6.91. The summed E-state index contributed by atoms with van der Waals surface area (Å²) in [5, 5.41) is 3.15. The molecule has 0 saturated heterocycles. The van der Waals surface area contributed by atoms with Crippen molar-refractivity contribution in [2.24, 2.45) is 0 Å². The Balaban J connectivity index is 1.53. The Bertz CT molecular complexity index is 1230. The van der Waals surface area contributed by atoms with E-state index in [1.807, 2.05) is 66.7 Å². The molecule has 2 aromatic carbocycles. The predicted molar refractivity (Wildman–Crippen MR) is 106 cm³/mol. The molecule has 0 unspecified atom stereocenters. The van der Waals surface area contributed by atoms with Crippen LogP contribution in [0.1, 0.15) is 21.6 Å². The van der Waals surface area contributed by atoms with Crippen molar-refractivity contribution in [1.82, 2.24) is 19.5 Å². The van der Waals surface area contributed by atoms with Crippen molar-refractivity contribution in [3.8, 4) is 11.3 Å². The Morgan fingerprint density at radius 2 is 1.71 bits per heavy atom. The highest BCUT2D eigenvalue weighted by atomic mass is 16.2. The van der Waals surface area contributed by atoms with Crippen molar-refractivity contribution in [2.75, 3.05) is 6.54 Å². The molecule has 2 aromatic heterocycles. The lowest BCUT2D eigenvalue weighted by molar-refractivity contribution is 0.0731. The Labute approximate surface area is 161 Å². The van der Waals surface area contributed by atoms with Gasteiger partial charge in [0.15, 0.2) is 5.65 Å². The van der Waals surface area contributed by atoms with E-state index in [-0.39, 0.29) is 11.5 Å². The van der Waals surface area contributed by atoms with E-state index in [0.29, 0.717) is 42.0 Å². The summed E-state index contributed by atoms with van der Waals surface area (Å²) >= 11 is 0. The van der Waals surface area contributed by atoms with Gasteiger partial charge in [-0.1, -0.05) is 48.5 Å². The fourth-order valence-electron chi connectivity index (χ4n) is 3.70. The molecule has 138 valence electrons. The monoisotopic (exact) mass is 370 g/mol.